The number of carbonyl (C=O) groups is 1. The molecule has 1 aliphatic heterocycles. The molecule has 0 aromatic heterocycles. The number of methoxy groups -OCH3 is 1. The number of piperidine rings is 1. The number of likely N-dealkylation sites (tertiary alicyclic amines) is 1. The normalized spacial score (nSPS) is 18.0. The maximum atomic E-state index is 12.6. The summed E-state index contributed by atoms with van der Waals surface area (Å²) in [4.78, 5) is 14.6. The van der Waals surface area contributed by atoms with E-state index >= 15 is 0 Å². The summed E-state index contributed by atoms with van der Waals surface area (Å²) in [6.45, 7) is 2.32. The summed E-state index contributed by atoms with van der Waals surface area (Å²) < 4.78 is 6.01. The largest absolute Gasteiger partial charge is 0.497 e. The summed E-state index contributed by atoms with van der Waals surface area (Å²) >= 11 is 3.45. The second-order valence-corrected chi connectivity index (χ2v) is 6.04. The molecule has 0 aliphatic carbocycles. The molecule has 21 heavy (non-hydrogen) atoms. The van der Waals surface area contributed by atoms with Crippen LogP contribution in [0.4, 0.5) is 0 Å². The van der Waals surface area contributed by atoms with Crippen LogP contribution in [0.15, 0.2) is 22.7 Å². The lowest BCUT2D eigenvalue weighted by molar-refractivity contribution is 0.0668. The van der Waals surface area contributed by atoms with Crippen molar-refractivity contribution in [2.75, 3.05) is 26.7 Å². The Bertz CT molecular complexity index is 483. The number of amides is 1. The number of nitrogens with two attached hydrogens (primary N) is 1. The predicted molar refractivity (Wildman–Crippen MR) is 90.2 cm³/mol. The van der Waals surface area contributed by atoms with Gasteiger partial charge in [-0.1, -0.05) is 0 Å². The molecule has 2 N–H and O–H groups in total. The van der Waals surface area contributed by atoms with Crippen LogP contribution in [0.25, 0.3) is 0 Å². The van der Waals surface area contributed by atoms with Gasteiger partial charge in [0.05, 0.1) is 12.7 Å². The van der Waals surface area contributed by atoms with Crippen molar-refractivity contribution in [2.24, 2.45) is 11.7 Å². The highest BCUT2D eigenvalue weighted by Gasteiger charge is 2.25. The number of rotatable bonds is 4. The molecule has 1 unspecified atom stereocenters. The van der Waals surface area contributed by atoms with E-state index < -0.39 is 0 Å². The van der Waals surface area contributed by atoms with E-state index in [1.165, 1.54) is 6.42 Å². The van der Waals surface area contributed by atoms with Gasteiger partial charge >= 0.3 is 0 Å². The first-order chi connectivity index (χ1) is 9.65. The van der Waals surface area contributed by atoms with Crippen LogP contribution in [0.1, 0.15) is 29.6 Å². The van der Waals surface area contributed by atoms with Crippen molar-refractivity contribution in [1.82, 2.24) is 4.90 Å². The number of hydrogen-bond acceptors (Lipinski definition) is 3. The van der Waals surface area contributed by atoms with E-state index in [0.717, 1.165) is 30.4 Å². The Balaban J connectivity index is 0.00000220. The minimum atomic E-state index is 0. The van der Waals surface area contributed by atoms with Gasteiger partial charge in [-0.3, -0.25) is 4.79 Å². The quantitative estimate of drug-likeness (QED) is 0.877. The average Bonchev–Trinajstić information content (AvgIpc) is 2.48. The molecule has 0 saturated carbocycles. The molecular formula is C15H22BrClN2O2. The second kappa shape index (κ2) is 8.61. The zero-order valence-electron chi connectivity index (χ0n) is 12.2. The van der Waals surface area contributed by atoms with Gasteiger partial charge in [0.25, 0.3) is 5.91 Å². The van der Waals surface area contributed by atoms with Gasteiger partial charge in [-0.15, -0.1) is 12.4 Å². The lowest BCUT2D eigenvalue weighted by atomic mass is 9.94. The predicted octanol–water partition coefficient (Wildman–Crippen LogP) is 3.08. The average molecular weight is 378 g/mol. The van der Waals surface area contributed by atoms with Crippen LogP contribution < -0.4 is 10.5 Å². The van der Waals surface area contributed by atoms with Crippen LogP contribution in [0.2, 0.25) is 0 Å². The number of halogens is 2. The first-order valence-electron chi connectivity index (χ1n) is 6.98. The number of nitrogens with zero attached hydrogens (tertiary/aromatic N) is 1. The van der Waals surface area contributed by atoms with Crippen LogP contribution in [0.3, 0.4) is 0 Å². The maximum Gasteiger partial charge on any atom is 0.255 e. The van der Waals surface area contributed by atoms with Crippen molar-refractivity contribution in [2.45, 2.75) is 19.3 Å². The number of ether oxygens (including phenoxy) is 1. The molecule has 0 radical (unpaired) electrons. The van der Waals surface area contributed by atoms with Gasteiger partial charge in [-0.05, 0) is 65.9 Å². The summed E-state index contributed by atoms with van der Waals surface area (Å²) in [7, 11) is 1.61. The lowest BCUT2D eigenvalue weighted by Crippen LogP contribution is -2.40. The zero-order chi connectivity index (χ0) is 14.5. The molecule has 1 atom stereocenters. The Morgan fingerprint density at radius 3 is 2.95 bits per heavy atom. The van der Waals surface area contributed by atoms with E-state index in [1.54, 1.807) is 13.2 Å². The molecule has 1 aromatic rings. The van der Waals surface area contributed by atoms with E-state index in [-0.39, 0.29) is 18.3 Å². The molecule has 1 aliphatic rings. The zero-order valence-corrected chi connectivity index (χ0v) is 14.6. The number of carbonyl (C=O) groups excluding carboxylic acids is 1. The van der Waals surface area contributed by atoms with Gasteiger partial charge in [-0.25, -0.2) is 0 Å². The van der Waals surface area contributed by atoms with Crippen molar-refractivity contribution in [1.29, 1.82) is 0 Å². The fourth-order valence-electron chi connectivity index (χ4n) is 2.69. The Kier molecular flexibility index (Phi) is 7.49. The van der Waals surface area contributed by atoms with Crippen molar-refractivity contribution < 1.29 is 9.53 Å². The van der Waals surface area contributed by atoms with Gasteiger partial charge in [-0.2, -0.15) is 0 Å². The highest BCUT2D eigenvalue weighted by Crippen LogP contribution is 2.26. The van der Waals surface area contributed by atoms with E-state index in [2.05, 4.69) is 15.9 Å². The second-order valence-electron chi connectivity index (χ2n) is 5.18. The third-order valence-corrected chi connectivity index (χ3v) is 4.48. The fourth-order valence-corrected chi connectivity index (χ4v) is 3.10. The van der Waals surface area contributed by atoms with E-state index in [9.17, 15) is 4.79 Å². The molecule has 1 heterocycles. The number of hydrogen-bond donors (Lipinski definition) is 1. The van der Waals surface area contributed by atoms with E-state index in [0.29, 0.717) is 23.8 Å². The summed E-state index contributed by atoms with van der Waals surface area (Å²) in [6.07, 6.45) is 3.21. The van der Waals surface area contributed by atoms with Crippen molar-refractivity contribution in [3.63, 3.8) is 0 Å². The van der Waals surface area contributed by atoms with Gasteiger partial charge < -0.3 is 15.4 Å². The van der Waals surface area contributed by atoms with Crippen molar-refractivity contribution >= 4 is 34.2 Å². The standard InChI is InChI=1S/C15H21BrN2O2.ClH/c1-20-12-4-5-14(16)13(9-12)15(19)18-8-2-3-11(10-18)6-7-17;/h4-5,9,11H,2-3,6-8,10,17H2,1H3;1H. The summed E-state index contributed by atoms with van der Waals surface area (Å²) in [6, 6.07) is 5.49. The first kappa shape index (κ1) is 18.3. The molecule has 1 fully saturated rings. The molecule has 118 valence electrons. The summed E-state index contributed by atoms with van der Waals surface area (Å²) in [5.41, 5.74) is 6.29. The molecule has 0 spiro atoms. The molecule has 1 aromatic carbocycles. The minimum absolute atomic E-state index is 0. The van der Waals surface area contributed by atoms with Crippen molar-refractivity contribution in [3.05, 3.63) is 28.2 Å². The maximum absolute atomic E-state index is 12.6. The Morgan fingerprint density at radius 2 is 2.29 bits per heavy atom. The molecule has 0 bridgehead atoms. The molecule has 6 heteroatoms. The Hall–Kier alpha value is -0.780. The molecule has 2 rings (SSSR count). The minimum Gasteiger partial charge on any atom is -0.497 e. The third kappa shape index (κ3) is 4.59. The highest BCUT2D eigenvalue weighted by molar-refractivity contribution is 9.10. The number of benzene rings is 1. The first-order valence-corrected chi connectivity index (χ1v) is 7.78. The van der Waals surface area contributed by atoms with Crippen molar-refractivity contribution in [3.8, 4) is 5.75 Å². The fraction of sp³-hybridized carbons (Fsp3) is 0.533. The smallest absolute Gasteiger partial charge is 0.255 e. The van der Waals surface area contributed by atoms with Crippen LogP contribution >= 0.6 is 28.3 Å². The molecule has 4 nitrogen and oxygen atoms in total. The molecule has 1 amide bonds. The molecular weight excluding hydrogens is 356 g/mol. The summed E-state index contributed by atoms with van der Waals surface area (Å²) in [5, 5.41) is 0. The topological polar surface area (TPSA) is 55.6 Å². The third-order valence-electron chi connectivity index (χ3n) is 3.79. The Labute approximate surface area is 140 Å². The van der Waals surface area contributed by atoms with Crippen LogP contribution in [-0.4, -0.2) is 37.6 Å². The lowest BCUT2D eigenvalue weighted by Gasteiger charge is -2.33. The van der Waals surface area contributed by atoms with Gasteiger partial charge in [0.2, 0.25) is 0 Å². The summed E-state index contributed by atoms with van der Waals surface area (Å²) in [5.74, 6) is 1.30. The van der Waals surface area contributed by atoms with E-state index in [1.807, 2.05) is 17.0 Å². The van der Waals surface area contributed by atoms with Crippen LogP contribution in [0.5, 0.6) is 5.75 Å². The highest BCUT2D eigenvalue weighted by atomic mass is 79.9. The van der Waals surface area contributed by atoms with Gasteiger partial charge in [0, 0.05) is 17.6 Å². The van der Waals surface area contributed by atoms with E-state index in [4.69, 9.17) is 10.5 Å². The van der Waals surface area contributed by atoms with Gasteiger partial charge in [0.15, 0.2) is 0 Å². The van der Waals surface area contributed by atoms with Crippen LogP contribution in [0, 0.1) is 5.92 Å². The molecule has 1 saturated heterocycles. The SMILES string of the molecule is COc1ccc(Br)c(C(=O)N2CCCC(CCN)C2)c1.Cl. The van der Waals surface area contributed by atoms with Gasteiger partial charge in [0.1, 0.15) is 5.75 Å². The van der Waals surface area contributed by atoms with Crippen LogP contribution in [-0.2, 0) is 0 Å². The monoisotopic (exact) mass is 376 g/mol. The Morgan fingerprint density at radius 1 is 1.52 bits per heavy atom.